The molecule has 0 saturated heterocycles. The van der Waals surface area contributed by atoms with Crippen LogP contribution in [0.3, 0.4) is 0 Å². The van der Waals surface area contributed by atoms with Gasteiger partial charge in [0.1, 0.15) is 27.9 Å². The molecule has 8 aliphatic carbocycles. The molecule has 8 aliphatic rings. The number of rotatable bonds is 5. The number of allylic oxidation sites excluding steroid dienone is 1. The van der Waals surface area contributed by atoms with Crippen LogP contribution in [0, 0.1) is 47.3 Å². The Bertz CT molecular complexity index is 1980. The molecule has 2 heterocycles. The molecule has 8 bridgehead atoms. The van der Waals surface area contributed by atoms with Gasteiger partial charge in [0, 0.05) is 32.0 Å². The van der Waals surface area contributed by atoms with E-state index < -0.39 is 0 Å². The predicted molar refractivity (Wildman–Crippen MR) is 211 cm³/mol. The third kappa shape index (κ3) is 6.64. The van der Waals surface area contributed by atoms with E-state index in [0.717, 1.165) is 62.5 Å². The van der Waals surface area contributed by atoms with E-state index in [0.29, 0.717) is 38.3 Å². The topological polar surface area (TPSA) is 71.1 Å². The van der Waals surface area contributed by atoms with Gasteiger partial charge in [-0.1, -0.05) is 23.2 Å². The maximum Gasteiger partial charge on any atom is 0.348 e. The number of methoxy groups -OCH3 is 4. The molecule has 52 heavy (non-hydrogen) atoms. The molecular weight excluding hydrogens is 735 g/mol. The largest absolute Gasteiger partial charge is 0.495 e. The Hall–Kier alpha value is -2.78. The molecule has 12 rings (SSSR count). The van der Waals surface area contributed by atoms with Crippen LogP contribution >= 0.6 is 45.9 Å². The van der Waals surface area contributed by atoms with Gasteiger partial charge in [0.2, 0.25) is 0 Å². The van der Waals surface area contributed by atoms with Gasteiger partial charge >= 0.3 is 5.97 Å². The van der Waals surface area contributed by atoms with Crippen LogP contribution in [-0.2, 0) is 14.3 Å². The quantitative estimate of drug-likeness (QED) is 0.148. The number of ketones is 1. The second-order valence-electron chi connectivity index (χ2n) is 15.7. The Labute approximate surface area is 323 Å². The fourth-order valence-electron chi connectivity index (χ4n) is 10.8. The lowest BCUT2D eigenvalue weighted by Crippen LogP contribution is -2.45. The van der Waals surface area contributed by atoms with E-state index in [1.54, 1.807) is 43.3 Å². The molecular formula is C42H46Cl2O6S2. The van der Waals surface area contributed by atoms with E-state index in [1.165, 1.54) is 92.2 Å². The van der Waals surface area contributed by atoms with Gasteiger partial charge in [-0.2, -0.15) is 0 Å². The predicted octanol–water partition coefficient (Wildman–Crippen LogP) is 11.7. The van der Waals surface area contributed by atoms with Crippen LogP contribution in [-0.4, -0.2) is 40.2 Å². The van der Waals surface area contributed by atoms with E-state index in [9.17, 15) is 9.59 Å². The Morgan fingerprint density at radius 3 is 1.44 bits per heavy atom. The smallest absolute Gasteiger partial charge is 0.348 e. The number of carbonyl (C=O) groups excluding carboxylic acids is 2. The van der Waals surface area contributed by atoms with Gasteiger partial charge in [0.05, 0.1) is 43.4 Å². The van der Waals surface area contributed by atoms with Crippen molar-refractivity contribution in [3.63, 3.8) is 0 Å². The minimum Gasteiger partial charge on any atom is -0.495 e. The number of thiophene rings is 2. The standard InChI is InChI=1S/C21H23ClO2S.C11H9ClO3S.C10H14O/c1-23-16-3-4-17-15(20(16)22)10-18(25-17)21(24-2)19-13-6-11-5-12(8-13)9-14(19)7-11;1-14-7-3-4-8-6(10(7)12)5-9(16-8)11(13)15-2;11-10-8-2-6-1-7(4-8)5-9(10)3-6/h3-4,10-14H,5-9H2,1-2H3;3-5H,1-2H3;6-9H,1-5H2. The van der Waals surface area contributed by atoms with E-state index in [-0.39, 0.29) is 5.97 Å². The summed E-state index contributed by atoms with van der Waals surface area (Å²) in [5.74, 6) is 9.03. The molecule has 8 fully saturated rings. The number of benzene rings is 2. The highest BCUT2D eigenvalue weighted by Crippen LogP contribution is 2.58. The highest BCUT2D eigenvalue weighted by Gasteiger charge is 2.48. The maximum absolute atomic E-state index is 11.6. The first-order valence-electron chi connectivity index (χ1n) is 18.6. The van der Waals surface area contributed by atoms with Crippen molar-refractivity contribution < 1.29 is 28.5 Å². The highest BCUT2D eigenvalue weighted by atomic mass is 35.5. The fourth-order valence-corrected chi connectivity index (χ4v) is 13.6. The molecule has 276 valence electrons. The third-order valence-corrected chi connectivity index (χ3v) is 15.6. The van der Waals surface area contributed by atoms with Crippen molar-refractivity contribution >= 4 is 83.6 Å². The molecule has 0 spiro atoms. The summed E-state index contributed by atoms with van der Waals surface area (Å²) >= 11 is 15.8. The summed E-state index contributed by atoms with van der Waals surface area (Å²) < 4.78 is 23.3. The molecule has 6 nitrogen and oxygen atoms in total. The van der Waals surface area contributed by atoms with E-state index >= 15 is 0 Å². The zero-order chi connectivity index (χ0) is 36.3. The van der Waals surface area contributed by atoms with Gasteiger partial charge in [-0.3, -0.25) is 4.79 Å². The van der Waals surface area contributed by atoms with Crippen molar-refractivity contribution in [3.8, 4) is 11.5 Å². The van der Waals surface area contributed by atoms with Crippen LogP contribution in [0.2, 0.25) is 10.0 Å². The van der Waals surface area contributed by atoms with Crippen molar-refractivity contribution in [3.05, 3.63) is 61.8 Å². The van der Waals surface area contributed by atoms with Gasteiger partial charge in [-0.25, -0.2) is 4.79 Å². The molecule has 0 amide bonds. The summed E-state index contributed by atoms with van der Waals surface area (Å²) in [4.78, 5) is 24.7. The number of hydrogen-bond donors (Lipinski definition) is 0. The Morgan fingerprint density at radius 1 is 0.596 bits per heavy atom. The molecule has 2 aromatic carbocycles. The molecule has 0 N–H and O–H groups in total. The van der Waals surface area contributed by atoms with Crippen molar-refractivity contribution in [2.24, 2.45) is 47.3 Å². The molecule has 0 unspecified atom stereocenters. The summed E-state index contributed by atoms with van der Waals surface area (Å²) in [7, 11) is 6.41. The zero-order valence-corrected chi connectivity index (χ0v) is 33.3. The average Bonchev–Trinajstić information content (AvgIpc) is 3.78. The van der Waals surface area contributed by atoms with Gasteiger partial charge < -0.3 is 18.9 Å². The number of esters is 1. The summed E-state index contributed by atoms with van der Waals surface area (Å²) in [6.07, 6.45) is 13.4. The molecule has 0 aliphatic heterocycles. The number of halogens is 2. The number of ether oxygens (including phenoxy) is 4. The van der Waals surface area contributed by atoms with Crippen molar-refractivity contribution in [2.45, 2.75) is 64.2 Å². The molecule has 8 saturated carbocycles. The van der Waals surface area contributed by atoms with Crippen LogP contribution in [0.4, 0.5) is 0 Å². The highest BCUT2D eigenvalue weighted by molar-refractivity contribution is 7.21. The van der Waals surface area contributed by atoms with Gasteiger partial charge in [0.15, 0.2) is 0 Å². The Balaban J connectivity index is 0.000000122. The lowest BCUT2D eigenvalue weighted by molar-refractivity contribution is -0.139. The van der Waals surface area contributed by atoms with Crippen LogP contribution < -0.4 is 9.47 Å². The number of carbonyl (C=O) groups is 2. The Morgan fingerprint density at radius 2 is 1.02 bits per heavy atom. The van der Waals surface area contributed by atoms with E-state index in [4.69, 9.17) is 37.4 Å². The van der Waals surface area contributed by atoms with Gasteiger partial charge in [0.25, 0.3) is 0 Å². The maximum atomic E-state index is 11.6. The summed E-state index contributed by atoms with van der Waals surface area (Å²) in [6.45, 7) is 0. The normalized spacial score (nSPS) is 29.0. The van der Waals surface area contributed by atoms with Crippen LogP contribution in [0.25, 0.3) is 25.9 Å². The second kappa shape index (κ2) is 14.8. The lowest BCUT2D eigenvalue weighted by Gasteiger charge is -2.51. The van der Waals surface area contributed by atoms with Crippen molar-refractivity contribution in [1.82, 2.24) is 0 Å². The van der Waals surface area contributed by atoms with Gasteiger partial charge in [-0.15, -0.1) is 22.7 Å². The minimum atomic E-state index is -0.351. The van der Waals surface area contributed by atoms with Crippen molar-refractivity contribution in [2.75, 3.05) is 28.4 Å². The molecule has 0 atom stereocenters. The first-order chi connectivity index (χ1) is 25.2. The third-order valence-electron chi connectivity index (χ3n) is 12.7. The monoisotopic (exact) mass is 780 g/mol. The Kier molecular flexibility index (Phi) is 10.3. The summed E-state index contributed by atoms with van der Waals surface area (Å²) in [6, 6.07) is 11.6. The van der Waals surface area contributed by atoms with Crippen LogP contribution in [0.5, 0.6) is 11.5 Å². The minimum absolute atomic E-state index is 0.351. The first kappa shape index (κ1) is 36.2. The summed E-state index contributed by atoms with van der Waals surface area (Å²) in [5, 5.41) is 3.10. The molecule has 10 heteroatoms. The van der Waals surface area contributed by atoms with Crippen LogP contribution in [0.1, 0.15) is 78.8 Å². The number of hydrogen-bond acceptors (Lipinski definition) is 8. The molecule has 0 radical (unpaired) electrons. The summed E-state index contributed by atoms with van der Waals surface area (Å²) in [5.41, 5.74) is 1.60. The SMILES string of the molecule is COC(=C1C2CC3CC(C2)CC1C3)c1cc2c(Cl)c(OC)ccc2s1.COC(=O)c1cc2c(Cl)c(OC)ccc2s1.O=C1C2CC3CC(C2)CC1C3. The molecule has 4 aromatic rings. The number of fused-ring (bicyclic) bond motifs is 2. The van der Waals surface area contributed by atoms with Gasteiger partial charge in [-0.05, 0) is 142 Å². The lowest BCUT2D eigenvalue weighted by atomic mass is 9.54. The second-order valence-corrected chi connectivity index (χ2v) is 18.6. The fraction of sp³-hybridized carbons (Fsp3) is 0.524. The zero-order valence-electron chi connectivity index (χ0n) is 30.2. The first-order valence-corrected chi connectivity index (χ1v) is 21.0. The van der Waals surface area contributed by atoms with Crippen molar-refractivity contribution in [1.29, 1.82) is 0 Å². The van der Waals surface area contributed by atoms with E-state index in [2.05, 4.69) is 16.9 Å². The average molecular weight is 782 g/mol. The molecule has 2 aromatic heterocycles. The van der Waals surface area contributed by atoms with Crippen LogP contribution in [0.15, 0.2) is 42.0 Å². The van der Waals surface area contributed by atoms with E-state index in [1.807, 2.05) is 19.2 Å². The number of Topliss-reactive ketones (excluding diaryl/α,β-unsaturated/α-hetero) is 1.